The van der Waals surface area contributed by atoms with Crippen molar-refractivity contribution in [2.24, 2.45) is 17.6 Å². The molecule has 8 rings (SSSR count). The molecule has 34 nitrogen and oxygen atoms in total. The number of rotatable bonds is 49. The van der Waals surface area contributed by atoms with Gasteiger partial charge in [-0.05, 0) is 106 Å². The maximum absolute atomic E-state index is 14.6. The van der Waals surface area contributed by atoms with Crippen LogP contribution in [0.5, 0.6) is 23.0 Å². The summed E-state index contributed by atoms with van der Waals surface area (Å²) in [4.78, 5) is 197. The molecule has 1 aliphatic carbocycles. The predicted octanol–water partition coefficient (Wildman–Crippen LogP) is 5.29. The number of carboxylic acid groups (broad SMARTS) is 4. The molecule has 608 valence electrons. The zero-order chi connectivity index (χ0) is 81.5. The molecule has 0 spiro atoms. The van der Waals surface area contributed by atoms with Crippen LogP contribution >= 0.6 is 21.6 Å². The Labute approximate surface area is 656 Å². The number of carbonyl (C=O) groups excluding carboxylic acids is 10. The molecule has 3 aliphatic rings. The number of nitrogens with two attached hydrogens (primary N) is 1. The van der Waals surface area contributed by atoms with Gasteiger partial charge in [-0.3, -0.25) is 57.5 Å². The van der Waals surface area contributed by atoms with Gasteiger partial charge in [0.05, 0.1) is 54.6 Å². The highest BCUT2D eigenvalue weighted by molar-refractivity contribution is 8.76. The highest BCUT2D eigenvalue weighted by Gasteiger charge is 2.38. The van der Waals surface area contributed by atoms with E-state index < -0.39 is 151 Å². The summed E-state index contributed by atoms with van der Waals surface area (Å²) in [6.07, 6.45) is 0.0801. The van der Waals surface area contributed by atoms with Crippen LogP contribution in [0.1, 0.15) is 130 Å². The average Bonchev–Trinajstić information content (AvgIpc) is 1.61. The number of pyridine rings is 1. The van der Waals surface area contributed by atoms with Gasteiger partial charge in [0.2, 0.25) is 30.4 Å². The fraction of sp³-hybridized carbons (Fsp3) is 0.468. The lowest BCUT2D eigenvalue weighted by molar-refractivity contribution is -0.144. The zero-order valence-corrected chi connectivity index (χ0v) is 63.8. The molecule has 0 unspecified atom stereocenters. The SMILES string of the molecule is COc1cc2c3c(n(CCCN4CCCCC4)c(=O)c2cc1OC(=O)OCCSSC[C@@H](CC(=O)[C@H](CC(=O)O)NC(=O)[C@@H](N)CNC(=O)[C@@H](CC(=O)[C@H](Cc1ccccc1)NC(=O)CCCCCCNC(=O)CC[C@H](NC(=O)N[C@@H](CCC(=O)O)OC=O)C(=O)O)Cc1ccccc1)C(=O)O)-c1cc2c(cc1C3=O)OCO2. The fourth-order valence-corrected chi connectivity index (χ4v) is 15.2. The van der Waals surface area contributed by atoms with Gasteiger partial charge in [-0.2, -0.15) is 0 Å². The largest absolute Gasteiger partial charge is 0.514 e. The van der Waals surface area contributed by atoms with E-state index in [2.05, 4.69) is 41.5 Å². The third-order valence-electron chi connectivity index (χ3n) is 18.9. The number of ether oxygens (including phenoxy) is 6. The summed E-state index contributed by atoms with van der Waals surface area (Å²) < 4.78 is 34.0. The Morgan fingerprint density at radius 1 is 0.619 bits per heavy atom. The van der Waals surface area contributed by atoms with Crippen LogP contribution in [0.25, 0.3) is 22.0 Å². The number of nitrogens with zero attached hydrogens (tertiary/aromatic N) is 2. The fourth-order valence-electron chi connectivity index (χ4n) is 13.1. The van der Waals surface area contributed by atoms with Gasteiger partial charge < -0.3 is 95.9 Å². The summed E-state index contributed by atoms with van der Waals surface area (Å²) in [5.74, 6) is -12.0. The van der Waals surface area contributed by atoms with Gasteiger partial charge in [-0.1, -0.05) is 102 Å². The van der Waals surface area contributed by atoms with Crippen molar-refractivity contribution in [3.05, 3.63) is 118 Å². The van der Waals surface area contributed by atoms with Crippen molar-refractivity contribution >= 4 is 116 Å². The maximum atomic E-state index is 14.6. The summed E-state index contributed by atoms with van der Waals surface area (Å²) in [6.45, 7) is 2.29. The monoisotopic (exact) mass is 1610 g/mol. The van der Waals surface area contributed by atoms with Crippen LogP contribution in [0.3, 0.4) is 0 Å². The molecule has 1 fully saturated rings. The number of methoxy groups -OCH3 is 1. The second-order valence-electron chi connectivity index (χ2n) is 27.2. The highest BCUT2D eigenvalue weighted by Crippen LogP contribution is 2.47. The van der Waals surface area contributed by atoms with E-state index in [1.54, 1.807) is 77.4 Å². The second kappa shape index (κ2) is 44.2. The number of Topliss-reactive ketones (excluding diaryl/α,β-unsaturated/α-hetero) is 2. The number of ketones is 3. The molecule has 1 aromatic heterocycles. The van der Waals surface area contributed by atoms with Gasteiger partial charge >= 0.3 is 36.1 Å². The normalized spacial score (nSPS) is 14.5. The number of nitrogens with one attached hydrogen (secondary N) is 6. The molecule has 36 heteroatoms. The Hall–Kier alpha value is -11.1. The number of urea groups is 1. The van der Waals surface area contributed by atoms with E-state index in [0.29, 0.717) is 71.6 Å². The minimum atomic E-state index is -1.76. The average molecular weight is 1610 g/mol. The van der Waals surface area contributed by atoms with Crippen molar-refractivity contribution in [3.8, 4) is 34.3 Å². The summed E-state index contributed by atoms with van der Waals surface area (Å²) in [5, 5.41) is 53.5. The molecule has 5 aromatic rings. The number of aromatic nitrogens is 1. The summed E-state index contributed by atoms with van der Waals surface area (Å²) in [6, 6.07) is 16.6. The molecule has 0 bridgehead atoms. The lowest BCUT2D eigenvalue weighted by Crippen LogP contribution is -2.53. The van der Waals surface area contributed by atoms with E-state index in [0.717, 1.165) is 60.5 Å². The third kappa shape index (κ3) is 26.8. The molecule has 113 heavy (non-hydrogen) atoms. The molecule has 12 N–H and O–H groups in total. The van der Waals surface area contributed by atoms with E-state index in [-0.39, 0.29) is 117 Å². The van der Waals surface area contributed by atoms with Crippen molar-refractivity contribution < 1.29 is 116 Å². The Morgan fingerprint density at radius 3 is 1.95 bits per heavy atom. The van der Waals surface area contributed by atoms with Crippen molar-refractivity contribution in [1.82, 2.24) is 41.4 Å². The molecular formula is C77H93N9O25S2. The maximum Gasteiger partial charge on any atom is 0.514 e. The number of hydrogen-bond donors (Lipinski definition) is 11. The minimum absolute atomic E-state index is 0.00538. The number of amides is 6. The van der Waals surface area contributed by atoms with Crippen LogP contribution < -0.4 is 62.1 Å². The first-order valence-corrected chi connectivity index (χ1v) is 39.5. The predicted molar refractivity (Wildman–Crippen MR) is 409 cm³/mol. The third-order valence-corrected chi connectivity index (χ3v) is 21.4. The highest BCUT2D eigenvalue weighted by atomic mass is 33.1. The number of piperidine rings is 1. The molecule has 2 aliphatic heterocycles. The van der Waals surface area contributed by atoms with E-state index >= 15 is 0 Å². The van der Waals surface area contributed by atoms with Crippen LogP contribution in [0.2, 0.25) is 0 Å². The van der Waals surface area contributed by atoms with E-state index in [1.807, 2.05) is 0 Å². The zero-order valence-electron chi connectivity index (χ0n) is 62.2. The molecule has 7 atom stereocenters. The molecular weight excluding hydrogens is 1520 g/mol. The van der Waals surface area contributed by atoms with Gasteiger partial charge in [0.15, 0.2) is 46.6 Å². The first-order valence-electron chi connectivity index (χ1n) is 37.0. The smallest absolute Gasteiger partial charge is 0.493 e. The summed E-state index contributed by atoms with van der Waals surface area (Å²) >= 11 is 0. The van der Waals surface area contributed by atoms with Gasteiger partial charge in [-0.25, -0.2) is 14.4 Å². The number of carboxylic acids is 4. The second-order valence-corrected chi connectivity index (χ2v) is 29.8. The van der Waals surface area contributed by atoms with Crippen LogP contribution in [0.15, 0.2) is 89.7 Å². The number of carbonyl (C=O) groups is 14. The number of unbranched alkanes of at least 4 members (excludes halogenated alkanes) is 3. The standard InChI is InChI=1S/C77H93N9O25S2/c1-106-59-36-49-52(73(99)86(29-15-28-85-26-13-6-14-27-85)69-50-37-60-61(110-44-109-60)38-51(50)70(96)68(49)69)39-62(59)111-77(105)107-30-31-112-113-42-48(74(100)101)35-58(89)56(40-67(94)95)82-72(98)53(78)41-80-71(97)47(32-45-16-7-4-8-17-45)34-57(88)55(33-46-18-9-5-10-19-46)81-64(91)20-11-2-3-12-25-79-63(90)22-21-54(75(102)103)83-76(104)84-65(108-43-87)23-24-66(92)93/h4-5,7-10,16-19,36-39,43,47-48,53-56,65H,2-3,6,11-15,20-35,40-42,44,78H2,1H3,(H,79,90)(H,80,97)(H,81,91)(H,82,98)(H,92,93)(H,94,95)(H,100,101)(H,102,103)(H2,83,84,104)/t47-,48-,53+,54+,55+,56+,65-/m1/s1. The Balaban J connectivity index is 0.785. The van der Waals surface area contributed by atoms with E-state index in [1.165, 1.54) is 19.2 Å². The van der Waals surface area contributed by atoms with E-state index in [9.17, 15) is 87.2 Å². The molecule has 0 saturated carbocycles. The summed E-state index contributed by atoms with van der Waals surface area (Å²) in [7, 11) is 3.41. The Kier molecular flexibility index (Phi) is 34.2. The Bertz CT molecular complexity index is 4310. The molecule has 1 saturated heterocycles. The van der Waals surface area contributed by atoms with Crippen LogP contribution in [0, 0.1) is 11.8 Å². The lowest BCUT2D eigenvalue weighted by atomic mass is 9.89. The number of likely N-dealkylation sites (tertiary alicyclic amines) is 1. The van der Waals surface area contributed by atoms with Crippen LogP contribution in [-0.4, -0.2) is 209 Å². The van der Waals surface area contributed by atoms with Gasteiger partial charge in [0.1, 0.15) is 18.7 Å². The lowest BCUT2D eigenvalue weighted by Gasteiger charge is -2.26. The quantitative estimate of drug-likeness (QED) is 0.00576. The van der Waals surface area contributed by atoms with E-state index in [4.69, 9.17) is 34.5 Å². The van der Waals surface area contributed by atoms with Crippen molar-refractivity contribution in [1.29, 1.82) is 0 Å². The van der Waals surface area contributed by atoms with Crippen molar-refractivity contribution in [2.45, 2.75) is 153 Å². The molecule has 4 aromatic carbocycles. The number of fused-ring (bicyclic) bond motifs is 6. The number of hydrogen-bond acceptors (Lipinski definition) is 25. The molecule has 6 amide bonds. The van der Waals surface area contributed by atoms with Gasteiger partial charge in [-0.15, -0.1) is 0 Å². The van der Waals surface area contributed by atoms with Crippen molar-refractivity contribution in [2.75, 3.05) is 64.7 Å². The number of aliphatic carboxylic acids is 4. The first kappa shape index (κ1) is 87.5. The van der Waals surface area contributed by atoms with Crippen molar-refractivity contribution in [3.63, 3.8) is 0 Å². The Morgan fingerprint density at radius 2 is 1.28 bits per heavy atom. The minimum Gasteiger partial charge on any atom is -0.493 e. The van der Waals surface area contributed by atoms with Gasteiger partial charge in [0, 0.05) is 85.7 Å². The molecule has 3 heterocycles. The first-order chi connectivity index (χ1) is 54.3. The van der Waals surface area contributed by atoms with Crippen LogP contribution in [-0.2, 0) is 81.6 Å². The molecule has 0 radical (unpaired) electrons. The summed E-state index contributed by atoms with van der Waals surface area (Å²) in [5.41, 5.74) is 8.73. The topological polar surface area (TPSA) is 499 Å². The number of benzene rings is 4. The van der Waals surface area contributed by atoms with Gasteiger partial charge in [0.25, 0.3) is 12.0 Å². The van der Waals surface area contributed by atoms with Crippen LogP contribution in [0.4, 0.5) is 9.59 Å².